The number of hydrogen-bond donors (Lipinski definition) is 2. The van der Waals surface area contributed by atoms with Crippen LogP contribution in [-0.2, 0) is 4.79 Å². The minimum Gasteiger partial charge on any atom is -0.537 e. The topological polar surface area (TPSA) is 80.2 Å². The van der Waals surface area contributed by atoms with E-state index in [1.165, 1.54) is 0 Å². The van der Waals surface area contributed by atoms with Gasteiger partial charge in [0.15, 0.2) is 0 Å². The van der Waals surface area contributed by atoms with Crippen molar-refractivity contribution in [3.8, 4) is 11.5 Å². The van der Waals surface area contributed by atoms with E-state index >= 15 is 0 Å². The zero-order chi connectivity index (χ0) is 29.4. The molecule has 1 aliphatic carbocycles. The van der Waals surface area contributed by atoms with Crippen molar-refractivity contribution in [3.63, 3.8) is 0 Å². The first kappa shape index (κ1) is 24.8. The fourth-order valence-corrected chi connectivity index (χ4v) is 6.56. The highest BCUT2D eigenvalue weighted by atomic mass is 16.4. The number of allylic oxidation sites excluding steroid dienone is 2. The Morgan fingerprint density at radius 3 is 2.02 bits per heavy atom. The van der Waals surface area contributed by atoms with E-state index in [9.17, 15) is 9.90 Å². The molecule has 8 heteroatoms. The van der Waals surface area contributed by atoms with Gasteiger partial charge in [0.1, 0.15) is 17.3 Å². The fraction of sp³-hybridized carbons (Fsp3) is 0. The third-order valence-electron chi connectivity index (χ3n) is 8.65. The molecule has 0 atom stereocenters. The number of hydrogen-bond acceptors (Lipinski definition) is 6. The molecule has 0 saturated heterocycles. The van der Waals surface area contributed by atoms with Crippen LogP contribution in [0.15, 0.2) is 132 Å². The molecular formula is C36H22B2N2O4. The lowest BCUT2D eigenvalue weighted by atomic mass is 9.70. The summed E-state index contributed by atoms with van der Waals surface area (Å²) in [4.78, 5) is 19.1. The van der Waals surface area contributed by atoms with Crippen LogP contribution in [0.2, 0.25) is 0 Å². The van der Waals surface area contributed by atoms with Crippen molar-refractivity contribution in [2.24, 2.45) is 4.90 Å². The van der Waals surface area contributed by atoms with Crippen LogP contribution in [0.25, 0.3) is 32.7 Å². The quantitative estimate of drug-likeness (QED) is 0.312. The third-order valence-corrected chi connectivity index (χ3v) is 8.65. The first-order valence-electron chi connectivity index (χ1n) is 14.5. The summed E-state index contributed by atoms with van der Waals surface area (Å²) < 4.78 is 12.7. The maximum atomic E-state index is 14.1. The number of aliphatic hydroxyl groups is 1. The predicted octanol–water partition coefficient (Wildman–Crippen LogP) is 4.30. The van der Waals surface area contributed by atoms with Gasteiger partial charge in [-0.2, -0.15) is 0 Å². The third kappa shape index (κ3) is 3.57. The second kappa shape index (κ2) is 9.38. The Morgan fingerprint density at radius 1 is 0.636 bits per heavy atom. The molecule has 2 N–H and O–H groups in total. The largest absolute Gasteiger partial charge is 0.538 e. The van der Waals surface area contributed by atoms with Crippen LogP contribution < -0.4 is 36.0 Å². The molecule has 44 heavy (non-hydrogen) atoms. The van der Waals surface area contributed by atoms with E-state index in [1.54, 1.807) is 0 Å². The summed E-state index contributed by atoms with van der Waals surface area (Å²) in [5.74, 6) is 1.15. The normalized spacial score (nSPS) is 16.2. The van der Waals surface area contributed by atoms with E-state index in [2.05, 4.69) is 5.23 Å². The van der Waals surface area contributed by atoms with Gasteiger partial charge in [-0.25, -0.2) is 0 Å². The summed E-state index contributed by atoms with van der Waals surface area (Å²) in [6.07, 6.45) is 0. The van der Waals surface area contributed by atoms with Crippen molar-refractivity contribution in [3.05, 3.63) is 143 Å². The van der Waals surface area contributed by atoms with E-state index < -0.39 is 14.1 Å². The van der Waals surface area contributed by atoms with E-state index in [-0.39, 0.29) is 22.7 Å². The standard InChI is InChI=1S/C36H22B2N2O4/c41-35-31(25-19-17-21-9-7-15-27-29(21)33(25)39-37(43-27)23-11-3-1-4-12-23)36(42)32(35)26-20-18-22-10-8-16-28-30(22)34(26)40-38(44-28)24-13-5-2-6-14-24/h1-20,39,41H. The molecule has 6 aromatic rings. The Morgan fingerprint density at radius 2 is 1.30 bits per heavy atom. The molecule has 9 rings (SSSR count). The van der Waals surface area contributed by atoms with Crippen LogP contribution >= 0.6 is 0 Å². The summed E-state index contributed by atoms with van der Waals surface area (Å²) in [6.45, 7) is 0. The van der Waals surface area contributed by atoms with E-state index in [4.69, 9.17) is 14.2 Å². The number of Topliss-reactive ketones (excluding diaryl/α,β-unsaturated/α-hetero) is 1. The van der Waals surface area contributed by atoms with Gasteiger partial charge in [0.25, 0.3) is 0 Å². The second-order valence-corrected chi connectivity index (χ2v) is 11.1. The van der Waals surface area contributed by atoms with E-state index in [1.807, 2.05) is 121 Å². The molecule has 2 aliphatic heterocycles. The van der Waals surface area contributed by atoms with Crippen molar-refractivity contribution in [2.75, 3.05) is 5.23 Å². The summed E-state index contributed by atoms with van der Waals surface area (Å²) in [5, 5.41) is 20.0. The lowest BCUT2D eigenvalue weighted by Crippen LogP contribution is -2.46. The molecule has 0 radical (unpaired) electrons. The molecule has 0 amide bonds. The monoisotopic (exact) mass is 568 g/mol. The van der Waals surface area contributed by atoms with E-state index in [0.717, 1.165) is 43.9 Å². The van der Waals surface area contributed by atoms with Crippen LogP contribution in [0.5, 0.6) is 11.5 Å². The molecule has 2 heterocycles. The van der Waals surface area contributed by atoms with Gasteiger partial charge < -0.3 is 19.6 Å². The zero-order valence-electron chi connectivity index (χ0n) is 23.3. The minimum absolute atomic E-state index is 0.0429. The Labute approximate surface area is 252 Å². The second-order valence-electron chi connectivity index (χ2n) is 11.1. The van der Waals surface area contributed by atoms with Gasteiger partial charge in [-0.1, -0.05) is 109 Å². The molecule has 0 unspecified atom stereocenters. The predicted molar refractivity (Wildman–Crippen MR) is 175 cm³/mol. The van der Waals surface area contributed by atoms with Crippen molar-refractivity contribution >= 4 is 69.2 Å². The first-order valence-corrected chi connectivity index (χ1v) is 14.5. The molecule has 206 valence electrons. The number of rotatable bonds is 3. The van der Waals surface area contributed by atoms with E-state index in [0.29, 0.717) is 21.9 Å². The Kier molecular flexibility index (Phi) is 5.29. The molecule has 6 nitrogen and oxygen atoms in total. The number of nitrogens with one attached hydrogen (secondary N) is 1. The van der Waals surface area contributed by atoms with Crippen LogP contribution in [-0.4, -0.2) is 25.0 Å². The minimum atomic E-state index is -0.570. The van der Waals surface area contributed by atoms with Crippen LogP contribution in [0, 0.1) is 0 Å². The van der Waals surface area contributed by atoms with Gasteiger partial charge in [0.05, 0.1) is 16.5 Å². The number of ketones is 1. The van der Waals surface area contributed by atoms with Crippen molar-refractivity contribution < 1.29 is 19.2 Å². The zero-order valence-corrected chi connectivity index (χ0v) is 23.3. The van der Waals surface area contributed by atoms with Gasteiger partial charge in [-0.05, 0) is 33.8 Å². The van der Waals surface area contributed by atoms with Gasteiger partial charge in [0, 0.05) is 27.2 Å². The lowest BCUT2D eigenvalue weighted by Gasteiger charge is -2.30. The number of nitrogens with zero attached hydrogens (tertiary/aromatic N) is 1. The average Bonchev–Trinajstić information content (AvgIpc) is 3.08. The molecule has 0 spiro atoms. The Hall–Kier alpha value is -5.75. The highest BCUT2D eigenvalue weighted by Gasteiger charge is 2.40. The maximum Gasteiger partial charge on any atom is 0.538 e. The van der Waals surface area contributed by atoms with Crippen LogP contribution in [0.3, 0.4) is 0 Å². The molecule has 0 aromatic heterocycles. The summed E-state index contributed by atoms with van der Waals surface area (Å²) in [7, 11) is -1.02. The highest BCUT2D eigenvalue weighted by molar-refractivity contribution is 6.72. The first-order chi connectivity index (χ1) is 21.7. The number of aliphatic hydroxyl groups excluding tert-OH is 1. The smallest absolute Gasteiger partial charge is 0.537 e. The fourth-order valence-electron chi connectivity index (χ4n) is 6.56. The Balaban J connectivity index is 1.26. The molecular weight excluding hydrogens is 546 g/mol. The van der Waals surface area contributed by atoms with Crippen LogP contribution in [0.4, 0.5) is 5.69 Å². The van der Waals surface area contributed by atoms with Crippen molar-refractivity contribution in [1.29, 1.82) is 0 Å². The molecule has 0 saturated carbocycles. The Bertz CT molecular complexity index is 2360. The van der Waals surface area contributed by atoms with Gasteiger partial charge in [0.2, 0.25) is 5.78 Å². The maximum absolute atomic E-state index is 14.1. The molecule has 6 aromatic carbocycles. The molecule has 0 bridgehead atoms. The summed E-state index contributed by atoms with van der Waals surface area (Å²) in [5.41, 5.74) is 3.80. The summed E-state index contributed by atoms with van der Waals surface area (Å²) in [6, 6.07) is 39.1. The molecule has 0 fully saturated rings. The average molecular weight is 568 g/mol. The van der Waals surface area contributed by atoms with Gasteiger partial charge >= 0.3 is 14.1 Å². The van der Waals surface area contributed by atoms with Gasteiger partial charge in [-0.15, -0.1) is 0 Å². The lowest BCUT2D eigenvalue weighted by molar-refractivity contribution is -0.109. The summed E-state index contributed by atoms with van der Waals surface area (Å²) >= 11 is 0. The SMILES string of the molecule is O=C1C(c2ccc3cccc4c3c2NB(c2ccccc2)O4)=C(O)C1=c1ccc2cccc3c2c1=NB(c1ccccc1)O3. The van der Waals surface area contributed by atoms with Crippen LogP contribution in [0.1, 0.15) is 5.56 Å². The van der Waals surface area contributed by atoms with Gasteiger partial charge in [-0.3, -0.25) is 9.70 Å². The van der Waals surface area contributed by atoms with Crippen molar-refractivity contribution in [1.82, 2.24) is 0 Å². The number of benzene rings is 6. The number of anilines is 1. The number of carbonyl (C=O) groups is 1. The molecule has 3 aliphatic rings. The van der Waals surface area contributed by atoms with Crippen molar-refractivity contribution in [2.45, 2.75) is 0 Å². The number of carbonyl (C=O) groups excluding carboxylic acids is 1. The highest BCUT2D eigenvalue weighted by Crippen LogP contribution is 2.45.